The third-order valence-corrected chi connectivity index (χ3v) is 3.36. The van der Waals surface area contributed by atoms with Crippen molar-refractivity contribution in [3.63, 3.8) is 0 Å². The fourth-order valence-corrected chi connectivity index (χ4v) is 2.37. The first kappa shape index (κ1) is 12.1. The smallest absolute Gasteiger partial charge is 0.228 e. The van der Waals surface area contributed by atoms with Gasteiger partial charge in [-0.1, -0.05) is 19.3 Å². The van der Waals surface area contributed by atoms with Crippen molar-refractivity contribution < 1.29 is 9.90 Å². The molecule has 0 spiro atoms. The van der Waals surface area contributed by atoms with Crippen molar-refractivity contribution in [1.82, 2.24) is 9.78 Å². The lowest BCUT2D eigenvalue weighted by Gasteiger charge is -2.31. The zero-order valence-corrected chi connectivity index (χ0v) is 10.1. The number of amides is 1. The number of aromatic nitrogens is 2. The third-order valence-electron chi connectivity index (χ3n) is 3.36. The second-order valence-corrected chi connectivity index (χ2v) is 4.85. The van der Waals surface area contributed by atoms with Crippen molar-refractivity contribution in [2.45, 2.75) is 44.1 Å². The monoisotopic (exact) mass is 237 g/mol. The summed E-state index contributed by atoms with van der Waals surface area (Å²) in [6.07, 6.45) is 6.44. The van der Waals surface area contributed by atoms with Crippen LogP contribution in [0.4, 0.5) is 5.82 Å². The summed E-state index contributed by atoms with van der Waals surface area (Å²) in [6.45, 7) is 0. The molecule has 1 fully saturated rings. The molecule has 1 aliphatic rings. The van der Waals surface area contributed by atoms with Gasteiger partial charge in [0.2, 0.25) is 5.91 Å². The SMILES string of the molecule is Cn1nccc1NC(=O)CC1(O)CCCCC1. The van der Waals surface area contributed by atoms with Crippen molar-refractivity contribution in [2.75, 3.05) is 5.32 Å². The molecule has 1 saturated carbocycles. The molecule has 0 aromatic carbocycles. The summed E-state index contributed by atoms with van der Waals surface area (Å²) in [5.41, 5.74) is -0.805. The van der Waals surface area contributed by atoms with Gasteiger partial charge in [-0.2, -0.15) is 5.10 Å². The van der Waals surface area contributed by atoms with E-state index >= 15 is 0 Å². The molecule has 2 N–H and O–H groups in total. The fraction of sp³-hybridized carbons (Fsp3) is 0.667. The van der Waals surface area contributed by atoms with E-state index in [1.165, 1.54) is 0 Å². The molecule has 94 valence electrons. The van der Waals surface area contributed by atoms with Gasteiger partial charge in [0.25, 0.3) is 0 Å². The molecule has 0 radical (unpaired) electrons. The molecular formula is C12H19N3O2. The molecule has 1 heterocycles. The first-order valence-corrected chi connectivity index (χ1v) is 6.09. The lowest BCUT2D eigenvalue weighted by Crippen LogP contribution is -2.36. The van der Waals surface area contributed by atoms with Crippen molar-refractivity contribution in [1.29, 1.82) is 0 Å². The lowest BCUT2D eigenvalue weighted by molar-refractivity contribution is -0.122. The van der Waals surface area contributed by atoms with Gasteiger partial charge in [-0.05, 0) is 12.8 Å². The summed E-state index contributed by atoms with van der Waals surface area (Å²) in [7, 11) is 1.77. The topological polar surface area (TPSA) is 67.2 Å². The van der Waals surface area contributed by atoms with Gasteiger partial charge in [0.1, 0.15) is 5.82 Å². The Morgan fingerprint density at radius 2 is 2.24 bits per heavy atom. The molecule has 2 rings (SSSR count). The van der Waals surface area contributed by atoms with Crippen LogP contribution in [0.1, 0.15) is 38.5 Å². The average Bonchev–Trinajstić information content (AvgIpc) is 2.64. The van der Waals surface area contributed by atoms with E-state index in [0.29, 0.717) is 5.82 Å². The molecule has 0 atom stereocenters. The Bertz CT molecular complexity index is 394. The van der Waals surface area contributed by atoms with Crippen LogP contribution in [-0.4, -0.2) is 26.4 Å². The fourth-order valence-electron chi connectivity index (χ4n) is 2.37. The number of hydrogen-bond donors (Lipinski definition) is 2. The Kier molecular flexibility index (Phi) is 3.47. The number of carbonyl (C=O) groups is 1. The first-order valence-electron chi connectivity index (χ1n) is 6.09. The van der Waals surface area contributed by atoms with Crippen molar-refractivity contribution in [3.05, 3.63) is 12.3 Å². The van der Waals surface area contributed by atoms with Crippen LogP contribution in [0.3, 0.4) is 0 Å². The summed E-state index contributed by atoms with van der Waals surface area (Å²) in [6, 6.07) is 1.74. The Labute approximate surface area is 101 Å². The van der Waals surface area contributed by atoms with E-state index in [1.54, 1.807) is 24.0 Å². The number of aryl methyl sites for hydroxylation is 1. The predicted molar refractivity (Wildman–Crippen MR) is 64.5 cm³/mol. The number of hydrogen-bond acceptors (Lipinski definition) is 3. The molecule has 1 aromatic rings. The Hall–Kier alpha value is -1.36. The number of nitrogens with one attached hydrogen (secondary N) is 1. The molecule has 1 aliphatic carbocycles. The van der Waals surface area contributed by atoms with Crippen molar-refractivity contribution in [2.24, 2.45) is 7.05 Å². The van der Waals surface area contributed by atoms with Crippen LogP contribution in [0.15, 0.2) is 12.3 Å². The largest absolute Gasteiger partial charge is 0.389 e. The standard InChI is InChI=1S/C12H19N3O2/c1-15-10(5-8-13-15)14-11(16)9-12(17)6-3-2-4-7-12/h5,8,17H,2-4,6-7,9H2,1H3,(H,14,16). The average molecular weight is 237 g/mol. The van der Waals surface area contributed by atoms with Crippen LogP contribution in [0, 0.1) is 0 Å². The zero-order valence-electron chi connectivity index (χ0n) is 10.1. The summed E-state index contributed by atoms with van der Waals surface area (Å²) in [5.74, 6) is 0.521. The minimum Gasteiger partial charge on any atom is -0.389 e. The maximum absolute atomic E-state index is 11.8. The minimum absolute atomic E-state index is 0.141. The van der Waals surface area contributed by atoms with Gasteiger partial charge in [-0.25, -0.2) is 0 Å². The molecule has 1 aromatic heterocycles. The molecular weight excluding hydrogens is 218 g/mol. The number of anilines is 1. The van der Waals surface area contributed by atoms with Gasteiger partial charge in [-0.3, -0.25) is 9.48 Å². The van der Waals surface area contributed by atoms with E-state index in [-0.39, 0.29) is 12.3 Å². The van der Waals surface area contributed by atoms with E-state index in [9.17, 15) is 9.90 Å². The van der Waals surface area contributed by atoms with Crippen LogP contribution in [-0.2, 0) is 11.8 Å². The lowest BCUT2D eigenvalue weighted by atomic mass is 9.82. The zero-order chi connectivity index (χ0) is 12.3. The predicted octanol–water partition coefficient (Wildman–Crippen LogP) is 1.44. The second-order valence-electron chi connectivity index (χ2n) is 4.85. The molecule has 0 saturated heterocycles. The Morgan fingerprint density at radius 1 is 1.53 bits per heavy atom. The quantitative estimate of drug-likeness (QED) is 0.836. The van der Waals surface area contributed by atoms with Crippen molar-refractivity contribution >= 4 is 11.7 Å². The van der Waals surface area contributed by atoms with Crippen LogP contribution < -0.4 is 5.32 Å². The Morgan fingerprint density at radius 3 is 2.82 bits per heavy atom. The molecule has 5 heteroatoms. The summed E-state index contributed by atoms with van der Waals surface area (Å²) >= 11 is 0. The van der Waals surface area contributed by atoms with Gasteiger partial charge in [-0.15, -0.1) is 0 Å². The first-order chi connectivity index (χ1) is 8.09. The summed E-state index contributed by atoms with van der Waals surface area (Å²) < 4.78 is 1.60. The molecule has 17 heavy (non-hydrogen) atoms. The van der Waals surface area contributed by atoms with Crippen LogP contribution in [0.5, 0.6) is 0 Å². The van der Waals surface area contributed by atoms with Gasteiger partial charge >= 0.3 is 0 Å². The number of nitrogens with zero attached hydrogens (tertiary/aromatic N) is 2. The highest BCUT2D eigenvalue weighted by Gasteiger charge is 2.31. The van der Waals surface area contributed by atoms with Crippen molar-refractivity contribution in [3.8, 4) is 0 Å². The molecule has 5 nitrogen and oxygen atoms in total. The number of aliphatic hydroxyl groups is 1. The van der Waals surface area contributed by atoms with E-state index in [0.717, 1.165) is 32.1 Å². The Balaban J connectivity index is 1.91. The summed E-state index contributed by atoms with van der Waals surface area (Å²) in [5, 5.41) is 17.0. The molecule has 1 amide bonds. The normalized spacial score (nSPS) is 18.9. The second kappa shape index (κ2) is 4.87. The third kappa shape index (κ3) is 3.06. The molecule has 0 unspecified atom stereocenters. The number of carbonyl (C=O) groups excluding carboxylic acids is 1. The van der Waals surface area contributed by atoms with E-state index in [2.05, 4.69) is 10.4 Å². The summed E-state index contributed by atoms with van der Waals surface area (Å²) in [4.78, 5) is 11.8. The van der Waals surface area contributed by atoms with E-state index in [4.69, 9.17) is 0 Å². The maximum Gasteiger partial charge on any atom is 0.228 e. The van der Waals surface area contributed by atoms with Gasteiger partial charge in [0.15, 0.2) is 0 Å². The van der Waals surface area contributed by atoms with E-state index < -0.39 is 5.60 Å². The highest BCUT2D eigenvalue weighted by atomic mass is 16.3. The highest BCUT2D eigenvalue weighted by Crippen LogP contribution is 2.30. The molecule has 0 aliphatic heterocycles. The molecule has 0 bridgehead atoms. The van der Waals surface area contributed by atoms with Gasteiger partial charge in [0.05, 0.1) is 18.2 Å². The maximum atomic E-state index is 11.8. The van der Waals surface area contributed by atoms with Crippen LogP contribution in [0.2, 0.25) is 0 Å². The van der Waals surface area contributed by atoms with Crippen LogP contribution >= 0.6 is 0 Å². The van der Waals surface area contributed by atoms with E-state index in [1.807, 2.05) is 0 Å². The minimum atomic E-state index is -0.805. The van der Waals surface area contributed by atoms with Crippen LogP contribution in [0.25, 0.3) is 0 Å². The van der Waals surface area contributed by atoms with Gasteiger partial charge < -0.3 is 10.4 Å². The van der Waals surface area contributed by atoms with Gasteiger partial charge in [0, 0.05) is 13.1 Å². The highest BCUT2D eigenvalue weighted by molar-refractivity contribution is 5.90. The number of rotatable bonds is 3.